The Balaban J connectivity index is 1.69. The molecule has 2 aromatic heterocycles. The molecule has 8 nitrogen and oxygen atoms in total. The Morgan fingerprint density at radius 2 is 2.00 bits per heavy atom. The number of ether oxygens (including phenoxy) is 1. The number of carbonyl (C=O) groups is 1. The Morgan fingerprint density at radius 1 is 1.24 bits per heavy atom. The maximum Gasteiger partial charge on any atom is 0.277 e. The number of carbonyl (C=O) groups excluding carboxylic acids is 1. The van der Waals surface area contributed by atoms with Crippen molar-refractivity contribution in [3.05, 3.63) is 39.8 Å². The van der Waals surface area contributed by atoms with Gasteiger partial charge in [-0.2, -0.15) is 5.10 Å². The maximum absolute atomic E-state index is 12.9. The molecule has 8 heteroatoms. The minimum Gasteiger partial charge on any atom is -0.493 e. The SMILES string of the molecule is CCCc1nn(C)c2c(=O)[nH]c(-c3cc(CC4CCC(C(N)=O)CC4)ccc3OCC)nc12. The number of benzene rings is 1. The minimum absolute atomic E-state index is 0.00921. The number of hydrogen-bond acceptors (Lipinski definition) is 5. The summed E-state index contributed by atoms with van der Waals surface area (Å²) in [6.07, 6.45) is 6.30. The first kappa shape index (κ1) is 23.0. The highest BCUT2D eigenvalue weighted by atomic mass is 16.5. The van der Waals surface area contributed by atoms with E-state index >= 15 is 0 Å². The number of aryl methyl sites for hydroxylation is 2. The minimum atomic E-state index is -0.204. The lowest BCUT2D eigenvalue weighted by Gasteiger charge is -2.26. The Morgan fingerprint density at radius 3 is 2.67 bits per heavy atom. The molecule has 0 saturated heterocycles. The van der Waals surface area contributed by atoms with Gasteiger partial charge in [0.1, 0.15) is 17.1 Å². The lowest BCUT2D eigenvalue weighted by Crippen LogP contribution is -2.28. The first-order valence-corrected chi connectivity index (χ1v) is 11.9. The highest BCUT2D eigenvalue weighted by molar-refractivity contribution is 5.80. The number of nitrogens with one attached hydrogen (secondary N) is 1. The van der Waals surface area contributed by atoms with Gasteiger partial charge in [-0.1, -0.05) is 19.4 Å². The van der Waals surface area contributed by atoms with Gasteiger partial charge in [0, 0.05) is 13.0 Å². The summed E-state index contributed by atoms with van der Waals surface area (Å²) in [6, 6.07) is 6.12. The van der Waals surface area contributed by atoms with Crippen molar-refractivity contribution in [2.75, 3.05) is 6.61 Å². The fourth-order valence-electron chi connectivity index (χ4n) is 4.93. The van der Waals surface area contributed by atoms with Crippen LogP contribution in [0, 0.1) is 11.8 Å². The third-order valence-electron chi connectivity index (χ3n) is 6.62. The summed E-state index contributed by atoms with van der Waals surface area (Å²) in [6.45, 7) is 4.54. The summed E-state index contributed by atoms with van der Waals surface area (Å²) >= 11 is 0. The van der Waals surface area contributed by atoms with Crippen LogP contribution in [0.15, 0.2) is 23.0 Å². The fraction of sp³-hybridized carbons (Fsp3) is 0.520. The van der Waals surface area contributed by atoms with Crippen LogP contribution in [-0.2, 0) is 24.7 Å². The molecule has 2 heterocycles. The molecule has 0 unspecified atom stereocenters. The molecule has 1 aliphatic carbocycles. The van der Waals surface area contributed by atoms with Crippen molar-refractivity contribution >= 4 is 16.9 Å². The van der Waals surface area contributed by atoms with Crippen LogP contribution in [0.5, 0.6) is 5.75 Å². The number of aromatic nitrogens is 4. The normalized spacial score (nSPS) is 18.5. The summed E-state index contributed by atoms with van der Waals surface area (Å²) in [5.74, 6) is 1.54. The molecule has 0 spiro atoms. The molecule has 3 aromatic rings. The maximum atomic E-state index is 12.9. The van der Waals surface area contributed by atoms with E-state index in [-0.39, 0.29) is 17.4 Å². The Kier molecular flexibility index (Phi) is 6.81. The largest absolute Gasteiger partial charge is 0.493 e. The van der Waals surface area contributed by atoms with E-state index in [9.17, 15) is 9.59 Å². The lowest BCUT2D eigenvalue weighted by atomic mass is 9.79. The average Bonchev–Trinajstić information content (AvgIpc) is 3.11. The molecular formula is C25H33N5O3. The number of amides is 1. The standard InChI is InChI=1S/C25H33N5O3/c1-4-6-19-21-22(30(3)29-19)25(32)28-24(27-21)18-14-16(9-12-20(18)33-5-2)13-15-7-10-17(11-8-15)23(26)31/h9,12,14-15,17H,4-8,10-11,13H2,1-3H3,(H2,26,31)(H,27,28,32). The number of hydrogen-bond donors (Lipinski definition) is 2. The number of primary amides is 1. The quantitative estimate of drug-likeness (QED) is 0.544. The van der Waals surface area contributed by atoms with Crippen LogP contribution >= 0.6 is 0 Å². The Labute approximate surface area is 193 Å². The topological polar surface area (TPSA) is 116 Å². The van der Waals surface area contributed by atoms with Crippen LogP contribution in [0.2, 0.25) is 0 Å². The second-order valence-electron chi connectivity index (χ2n) is 9.02. The van der Waals surface area contributed by atoms with Gasteiger partial charge < -0.3 is 15.5 Å². The van der Waals surface area contributed by atoms with Crippen molar-refractivity contribution in [1.82, 2.24) is 19.7 Å². The van der Waals surface area contributed by atoms with E-state index in [1.54, 1.807) is 11.7 Å². The van der Waals surface area contributed by atoms with E-state index in [1.165, 1.54) is 5.56 Å². The van der Waals surface area contributed by atoms with Gasteiger partial charge in [-0.15, -0.1) is 0 Å². The molecule has 0 aliphatic heterocycles. The third-order valence-corrected chi connectivity index (χ3v) is 6.62. The average molecular weight is 452 g/mol. The molecule has 3 N–H and O–H groups in total. The molecule has 0 radical (unpaired) electrons. The van der Waals surface area contributed by atoms with Gasteiger partial charge in [-0.25, -0.2) is 4.98 Å². The number of H-pyrrole nitrogens is 1. The van der Waals surface area contributed by atoms with Crippen LogP contribution < -0.4 is 16.0 Å². The van der Waals surface area contributed by atoms with E-state index in [2.05, 4.69) is 29.1 Å². The number of nitrogens with two attached hydrogens (primary N) is 1. The summed E-state index contributed by atoms with van der Waals surface area (Å²) in [5, 5.41) is 4.52. The molecule has 1 aliphatic rings. The van der Waals surface area contributed by atoms with Crippen LogP contribution in [0.1, 0.15) is 57.2 Å². The van der Waals surface area contributed by atoms with Gasteiger partial charge in [0.2, 0.25) is 5.91 Å². The van der Waals surface area contributed by atoms with Gasteiger partial charge in [0.15, 0.2) is 5.52 Å². The zero-order valence-corrected chi connectivity index (χ0v) is 19.7. The first-order valence-electron chi connectivity index (χ1n) is 11.9. The zero-order valence-electron chi connectivity index (χ0n) is 19.7. The summed E-state index contributed by atoms with van der Waals surface area (Å²) < 4.78 is 7.49. The fourth-order valence-corrected chi connectivity index (χ4v) is 4.93. The Hall–Kier alpha value is -3.16. The molecular weight excluding hydrogens is 418 g/mol. The van der Waals surface area contributed by atoms with Gasteiger partial charge in [-0.3, -0.25) is 14.3 Å². The van der Waals surface area contributed by atoms with Crippen molar-refractivity contribution in [3.63, 3.8) is 0 Å². The van der Waals surface area contributed by atoms with E-state index < -0.39 is 0 Å². The van der Waals surface area contributed by atoms with Gasteiger partial charge in [-0.05, 0) is 69.1 Å². The monoisotopic (exact) mass is 451 g/mol. The van der Waals surface area contributed by atoms with Crippen molar-refractivity contribution < 1.29 is 9.53 Å². The molecule has 1 aromatic carbocycles. The van der Waals surface area contributed by atoms with Crippen LogP contribution in [0.4, 0.5) is 0 Å². The summed E-state index contributed by atoms with van der Waals surface area (Å²) in [4.78, 5) is 32.2. The van der Waals surface area contributed by atoms with Crippen molar-refractivity contribution in [1.29, 1.82) is 0 Å². The number of nitrogens with zero attached hydrogens (tertiary/aromatic N) is 3. The molecule has 0 bridgehead atoms. The molecule has 4 rings (SSSR count). The predicted molar refractivity (Wildman–Crippen MR) is 128 cm³/mol. The van der Waals surface area contributed by atoms with E-state index in [4.69, 9.17) is 15.5 Å². The second-order valence-corrected chi connectivity index (χ2v) is 9.02. The van der Waals surface area contributed by atoms with Gasteiger partial charge in [0.05, 0.1) is 17.9 Å². The zero-order chi connectivity index (χ0) is 23.5. The molecule has 1 saturated carbocycles. The predicted octanol–water partition coefficient (Wildman–Crippen LogP) is 3.51. The van der Waals surface area contributed by atoms with Crippen molar-refractivity contribution in [2.24, 2.45) is 24.6 Å². The molecule has 1 fully saturated rings. The van der Waals surface area contributed by atoms with Gasteiger partial charge in [0.25, 0.3) is 5.56 Å². The number of fused-ring (bicyclic) bond motifs is 1. The number of rotatable bonds is 8. The molecule has 0 atom stereocenters. The highest BCUT2D eigenvalue weighted by Crippen LogP contribution is 2.34. The molecule has 176 valence electrons. The van der Waals surface area contributed by atoms with E-state index in [0.717, 1.165) is 56.2 Å². The lowest BCUT2D eigenvalue weighted by molar-refractivity contribution is -0.122. The highest BCUT2D eigenvalue weighted by Gasteiger charge is 2.25. The molecule has 33 heavy (non-hydrogen) atoms. The molecule has 1 amide bonds. The smallest absolute Gasteiger partial charge is 0.277 e. The van der Waals surface area contributed by atoms with E-state index in [0.29, 0.717) is 35.1 Å². The van der Waals surface area contributed by atoms with Crippen LogP contribution in [0.3, 0.4) is 0 Å². The Bertz CT molecular complexity index is 1200. The van der Waals surface area contributed by atoms with Crippen molar-refractivity contribution in [3.8, 4) is 17.1 Å². The van der Waals surface area contributed by atoms with Crippen molar-refractivity contribution in [2.45, 2.75) is 58.8 Å². The van der Waals surface area contributed by atoms with Crippen LogP contribution in [0.25, 0.3) is 22.4 Å². The van der Waals surface area contributed by atoms with Gasteiger partial charge >= 0.3 is 0 Å². The summed E-state index contributed by atoms with van der Waals surface area (Å²) in [5.41, 5.74) is 9.20. The third kappa shape index (κ3) is 4.79. The summed E-state index contributed by atoms with van der Waals surface area (Å²) in [7, 11) is 1.78. The van der Waals surface area contributed by atoms with Crippen LogP contribution in [-0.4, -0.2) is 32.3 Å². The number of aromatic amines is 1. The second kappa shape index (κ2) is 9.77. The van der Waals surface area contributed by atoms with E-state index in [1.807, 2.05) is 13.0 Å². The first-order chi connectivity index (χ1) is 15.9.